The molecule has 0 spiro atoms. The summed E-state index contributed by atoms with van der Waals surface area (Å²) < 4.78 is 5.60. The van der Waals surface area contributed by atoms with Crippen LogP contribution in [0.2, 0.25) is 13.1 Å². The van der Waals surface area contributed by atoms with E-state index in [0.29, 0.717) is 6.61 Å². The minimum absolute atomic E-state index is 0. The molecule has 2 aliphatic rings. The van der Waals surface area contributed by atoms with E-state index in [-0.39, 0.29) is 57.6 Å². The molecule has 3 aromatic carbocycles. The Kier molecular flexibility index (Phi) is 7.17. The molecule has 6 heteroatoms. The van der Waals surface area contributed by atoms with Crippen LogP contribution in [0.3, 0.4) is 0 Å². The minimum atomic E-state index is -1.43. The van der Waals surface area contributed by atoms with Crippen molar-refractivity contribution in [1.82, 2.24) is 0 Å². The van der Waals surface area contributed by atoms with Crippen LogP contribution in [0.25, 0.3) is 27.1 Å². The molecule has 5 rings (SSSR count). The van der Waals surface area contributed by atoms with Crippen molar-refractivity contribution in [3.8, 4) is 0 Å². The zero-order valence-electron chi connectivity index (χ0n) is 15.9. The summed E-state index contributed by atoms with van der Waals surface area (Å²) in [5, 5.41) is 17.8. The zero-order chi connectivity index (χ0) is 17.2. The van der Waals surface area contributed by atoms with Gasteiger partial charge in [-0.15, -0.1) is 38.9 Å². The van der Waals surface area contributed by atoms with E-state index >= 15 is 0 Å². The van der Waals surface area contributed by atoms with E-state index in [0.717, 1.165) is 12.2 Å². The van der Waals surface area contributed by atoms with Crippen molar-refractivity contribution in [2.24, 2.45) is 0 Å². The van der Waals surface area contributed by atoms with E-state index in [1.807, 2.05) is 0 Å². The van der Waals surface area contributed by atoms with E-state index < -0.39 is 8.07 Å². The van der Waals surface area contributed by atoms with Gasteiger partial charge in [0.15, 0.2) is 0 Å². The summed E-state index contributed by atoms with van der Waals surface area (Å²) in [6.07, 6.45) is 5.20. The standard InChI is InChI=1S/C22H21O2Si.2ClH.Zr/c1-25(2)21-18(15-7-8-16(11-15)24-10-9-23)13-19-17-6-4-3-5-14(17)12-20(19)22(21)25;;;/h3-6,8,11-13,23H,7,9-10H2,1-2H3;2*1H;/q-1;;;+3/p-2. The van der Waals surface area contributed by atoms with Crippen molar-refractivity contribution in [2.75, 3.05) is 13.2 Å². The molecule has 1 N–H and O–H groups in total. The van der Waals surface area contributed by atoms with Crippen LogP contribution in [-0.2, 0) is 30.9 Å². The van der Waals surface area contributed by atoms with Gasteiger partial charge in [0.2, 0.25) is 0 Å². The number of aliphatic hydroxyl groups excluding tert-OH is 1. The van der Waals surface area contributed by atoms with Crippen molar-refractivity contribution >= 4 is 45.6 Å². The zero-order valence-corrected chi connectivity index (χ0v) is 20.8. The summed E-state index contributed by atoms with van der Waals surface area (Å²) in [6, 6.07) is 13.5. The van der Waals surface area contributed by atoms with Crippen molar-refractivity contribution in [3.63, 3.8) is 0 Å². The normalized spacial score (nSPS) is 15.7. The van der Waals surface area contributed by atoms with Crippen molar-refractivity contribution < 1.29 is 60.9 Å². The Morgan fingerprint density at radius 1 is 1.11 bits per heavy atom. The van der Waals surface area contributed by atoms with Gasteiger partial charge in [0.1, 0.15) is 12.4 Å². The second kappa shape index (κ2) is 8.53. The molecule has 1 radical (unpaired) electrons. The summed E-state index contributed by atoms with van der Waals surface area (Å²) >= 11 is 0. The van der Waals surface area contributed by atoms with E-state index in [1.165, 1.54) is 32.7 Å². The second-order valence-electron chi connectivity index (χ2n) is 7.54. The first-order valence-corrected chi connectivity index (χ1v) is 11.9. The monoisotopic (exact) mass is 505 g/mol. The van der Waals surface area contributed by atoms with Crippen molar-refractivity contribution in [2.45, 2.75) is 19.5 Å². The molecule has 0 aromatic heterocycles. The maximum absolute atomic E-state index is 8.96. The average Bonchev–Trinajstić information content (AvgIpc) is 2.99. The number of allylic oxidation sites excluding steroid dienone is 3. The molecule has 0 bridgehead atoms. The molecule has 143 valence electrons. The first-order chi connectivity index (χ1) is 12.1. The quantitative estimate of drug-likeness (QED) is 0.314. The van der Waals surface area contributed by atoms with Crippen LogP contribution >= 0.6 is 0 Å². The van der Waals surface area contributed by atoms with Gasteiger partial charge in [-0.3, -0.25) is 0 Å². The molecule has 3 aromatic rings. The molecular formula is C22H21Cl2O2SiZr. The smallest absolute Gasteiger partial charge is 1.00 e. The van der Waals surface area contributed by atoms with Gasteiger partial charge < -0.3 is 34.7 Å². The summed E-state index contributed by atoms with van der Waals surface area (Å²) in [4.78, 5) is 0. The largest absolute Gasteiger partial charge is 3.00 e. The minimum Gasteiger partial charge on any atom is -1.00 e. The number of benzene rings is 2. The summed E-state index contributed by atoms with van der Waals surface area (Å²) in [6.45, 7) is 5.34. The van der Waals surface area contributed by atoms with E-state index in [4.69, 9.17) is 9.84 Å². The number of rotatable bonds is 4. The van der Waals surface area contributed by atoms with Gasteiger partial charge in [-0.05, 0) is 29.7 Å². The molecule has 0 amide bonds. The molecule has 0 saturated carbocycles. The summed E-state index contributed by atoms with van der Waals surface area (Å²) in [5.41, 5.74) is 2.78. The van der Waals surface area contributed by atoms with Crippen LogP contribution in [0.4, 0.5) is 0 Å². The van der Waals surface area contributed by atoms with Crippen LogP contribution in [0.5, 0.6) is 0 Å². The molecule has 28 heavy (non-hydrogen) atoms. The Bertz CT molecular complexity index is 1100. The topological polar surface area (TPSA) is 29.5 Å². The predicted octanol–water partition coefficient (Wildman–Crippen LogP) is -2.47. The number of halogens is 2. The molecule has 0 fully saturated rings. The Labute approximate surface area is 198 Å². The fourth-order valence-corrected chi connectivity index (χ4v) is 8.19. The maximum atomic E-state index is 8.96. The third-order valence-corrected chi connectivity index (χ3v) is 8.94. The third kappa shape index (κ3) is 3.48. The van der Waals surface area contributed by atoms with Gasteiger partial charge in [-0.1, -0.05) is 42.5 Å². The molecule has 1 heterocycles. The average molecular weight is 508 g/mol. The molecular weight excluding hydrogens is 486 g/mol. The number of aliphatic hydroxyl groups is 1. The van der Waals surface area contributed by atoms with E-state index in [2.05, 4.69) is 61.6 Å². The molecule has 1 aliphatic heterocycles. The van der Waals surface area contributed by atoms with Crippen LogP contribution in [-0.4, -0.2) is 26.4 Å². The van der Waals surface area contributed by atoms with Crippen LogP contribution < -0.4 is 35.2 Å². The molecule has 0 atom stereocenters. The Morgan fingerprint density at radius 3 is 2.61 bits per heavy atom. The van der Waals surface area contributed by atoms with Gasteiger partial charge in [0.05, 0.1) is 14.7 Å². The molecule has 0 saturated heterocycles. The maximum Gasteiger partial charge on any atom is 3.00 e. The molecule has 0 unspecified atom stereocenters. The fourth-order valence-electron chi connectivity index (χ4n) is 4.44. The Balaban J connectivity index is 0.000000934. The van der Waals surface area contributed by atoms with Gasteiger partial charge in [0, 0.05) is 0 Å². The first-order valence-electron chi connectivity index (χ1n) is 8.92. The Hall–Kier alpha value is -0.770. The molecule has 1 aliphatic carbocycles. The third-order valence-electron chi connectivity index (χ3n) is 5.65. The summed E-state index contributed by atoms with van der Waals surface area (Å²) in [5.74, 6) is 0.894. The SMILES string of the molecule is C[Si]1(C)c2c(C3=CC(OCCO)=CC3)cc3c([cH-]c4ccccc43)c21.[Cl-].[Cl-].[Zr+3]. The fraction of sp³-hybridized carbons (Fsp3) is 0.227. The number of hydrogen-bond acceptors (Lipinski definition) is 2. The van der Waals surface area contributed by atoms with Gasteiger partial charge >= 0.3 is 26.2 Å². The van der Waals surface area contributed by atoms with Gasteiger partial charge in [-0.25, -0.2) is 0 Å². The number of hydrogen-bond donors (Lipinski definition) is 1. The first kappa shape index (κ1) is 23.5. The Morgan fingerprint density at radius 2 is 1.86 bits per heavy atom. The van der Waals surface area contributed by atoms with E-state index in [1.54, 1.807) is 10.4 Å². The van der Waals surface area contributed by atoms with Crippen LogP contribution in [0, 0.1) is 0 Å². The summed E-state index contributed by atoms with van der Waals surface area (Å²) in [7, 11) is -1.43. The molecule has 2 nitrogen and oxygen atoms in total. The van der Waals surface area contributed by atoms with Crippen LogP contribution in [0.1, 0.15) is 12.0 Å². The van der Waals surface area contributed by atoms with E-state index in [9.17, 15) is 0 Å². The van der Waals surface area contributed by atoms with Gasteiger partial charge in [-0.2, -0.15) is 0 Å². The van der Waals surface area contributed by atoms with Gasteiger partial charge in [0.25, 0.3) is 0 Å². The second-order valence-corrected chi connectivity index (χ2v) is 11.8. The van der Waals surface area contributed by atoms with Crippen molar-refractivity contribution in [1.29, 1.82) is 0 Å². The van der Waals surface area contributed by atoms with Crippen molar-refractivity contribution in [3.05, 3.63) is 59.9 Å². The number of ether oxygens (including phenoxy) is 1. The number of fused-ring (bicyclic) bond motifs is 5. The van der Waals surface area contributed by atoms with Crippen LogP contribution in [0.15, 0.2) is 54.3 Å². The predicted molar refractivity (Wildman–Crippen MR) is 108 cm³/mol.